The second-order valence-corrected chi connectivity index (χ2v) is 7.80. The molecule has 2 aliphatic heterocycles. The molecule has 2 aromatic rings. The number of ether oxygens (including phenoxy) is 1. The van der Waals surface area contributed by atoms with Crippen LogP contribution in [-0.4, -0.2) is 64.6 Å². The molecule has 0 bridgehead atoms. The van der Waals surface area contributed by atoms with E-state index in [0.717, 1.165) is 70.0 Å². The number of aliphatic hydroxyl groups excluding tert-OH is 1. The monoisotopic (exact) mass is 408 g/mol. The van der Waals surface area contributed by atoms with Gasteiger partial charge in [-0.1, -0.05) is 6.42 Å². The molecule has 1 aromatic heterocycles. The molecule has 0 amide bonds. The molecule has 2 aliphatic rings. The predicted octanol–water partition coefficient (Wildman–Crippen LogP) is 2.63. The highest BCUT2D eigenvalue weighted by molar-refractivity contribution is 5.74. The van der Waals surface area contributed by atoms with Crippen molar-refractivity contribution in [3.8, 4) is 11.8 Å². The summed E-state index contributed by atoms with van der Waals surface area (Å²) in [5, 5.41) is 29.0. The van der Waals surface area contributed by atoms with Crippen LogP contribution in [0.15, 0.2) is 30.0 Å². The summed E-state index contributed by atoms with van der Waals surface area (Å²) < 4.78 is 7.23. The highest BCUT2D eigenvalue weighted by Crippen LogP contribution is 2.23. The topological polar surface area (TPSA) is 90.4 Å². The maximum atomic E-state index is 10.8. The third-order valence-corrected chi connectivity index (χ3v) is 5.92. The van der Waals surface area contributed by atoms with Crippen molar-refractivity contribution in [3.63, 3.8) is 0 Å². The van der Waals surface area contributed by atoms with Gasteiger partial charge < -0.3 is 19.3 Å². The Morgan fingerprint density at radius 3 is 2.53 bits per heavy atom. The molecule has 1 saturated heterocycles. The maximum absolute atomic E-state index is 10.8. The summed E-state index contributed by atoms with van der Waals surface area (Å²) >= 11 is 0. The molecule has 0 saturated carbocycles. The highest BCUT2D eigenvalue weighted by atomic mass is 16.5. The van der Waals surface area contributed by atoms with Gasteiger partial charge in [-0.25, -0.2) is 0 Å². The largest absolute Gasteiger partial charge is 0.509 e. The third kappa shape index (κ3) is 4.26. The summed E-state index contributed by atoms with van der Waals surface area (Å²) in [4.78, 5) is 4.49. The molecule has 4 rings (SSSR count). The van der Waals surface area contributed by atoms with Crippen LogP contribution in [0.3, 0.4) is 0 Å². The Morgan fingerprint density at radius 2 is 1.83 bits per heavy atom. The molecular formula is C22H28N6O2. The Labute approximate surface area is 177 Å². The van der Waals surface area contributed by atoms with Crippen molar-refractivity contribution in [2.24, 2.45) is 0 Å². The normalized spacial score (nSPS) is 18.2. The maximum Gasteiger partial charge on any atom is 0.178 e. The smallest absolute Gasteiger partial charge is 0.178 e. The lowest BCUT2D eigenvalue weighted by Crippen LogP contribution is -2.47. The van der Waals surface area contributed by atoms with E-state index in [1.807, 2.05) is 16.7 Å². The number of hydrogen-bond acceptors (Lipinski definition) is 7. The minimum absolute atomic E-state index is 0.0786. The Balaban J connectivity index is 1.42. The second-order valence-electron chi connectivity index (χ2n) is 7.80. The summed E-state index contributed by atoms with van der Waals surface area (Å²) in [6, 6.07) is 10.2. The van der Waals surface area contributed by atoms with E-state index < -0.39 is 0 Å². The zero-order valence-corrected chi connectivity index (χ0v) is 17.4. The summed E-state index contributed by atoms with van der Waals surface area (Å²) in [5.41, 5.74) is 1.41. The van der Waals surface area contributed by atoms with E-state index in [0.29, 0.717) is 12.4 Å². The average molecular weight is 409 g/mol. The SMILES string of the molecule is COc1ccc(N2CCN(C/C(O)=C(\C#N)c3nnc4n3CCCCC4)CC2)cc1. The first-order chi connectivity index (χ1) is 14.7. The first-order valence-corrected chi connectivity index (χ1v) is 10.6. The number of methoxy groups -OCH3 is 1. The lowest BCUT2D eigenvalue weighted by atomic mass is 10.2. The lowest BCUT2D eigenvalue weighted by Gasteiger charge is -2.36. The van der Waals surface area contributed by atoms with Gasteiger partial charge in [-0.15, -0.1) is 10.2 Å². The number of allylic oxidation sites excluding steroid dienone is 1. The molecular weight excluding hydrogens is 380 g/mol. The summed E-state index contributed by atoms with van der Waals surface area (Å²) in [6.45, 7) is 4.50. The molecule has 3 heterocycles. The molecule has 158 valence electrons. The van der Waals surface area contributed by atoms with Gasteiger partial charge in [0.25, 0.3) is 0 Å². The average Bonchev–Trinajstić information content (AvgIpc) is 3.02. The van der Waals surface area contributed by atoms with Crippen molar-refractivity contribution in [2.75, 3.05) is 44.7 Å². The minimum atomic E-state index is 0.0786. The number of nitrogens with zero attached hydrogens (tertiary/aromatic N) is 6. The van der Waals surface area contributed by atoms with Crippen LogP contribution in [0, 0.1) is 11.3 Å². The molecule has 0 radical (unpaired) electrons. The standard InChI is InChI=1S/C22H28N6O2/c1-30-18-8-6-17(7-9-18)27-13-11-26(12-14-27)16-20(29)19(15-23)22-25-24-21-5-3-2-4-10-28(21)22/h6-9,29H,2-5,10-14,16H2,1H3/b20-19-. The Bertz CT molecular complexity index is 936. The minimum Gasteiger partial charge on any atom is -0.509 e. The Morgan fingerprint density at radius 1 is 1.07 bits per heavy atom. The predicted molar refractivity (Wildman–Crippen MR) is 114 cm³/mol. The van der Waals surface area contributed by atoms with Crippen LogP contribution in [0.5, 0.6) is 5.75 Å². The molecule has 0 aliphatic carbocycles. The number of aromatic nitrogens is 3. The van der Waals surface area contributed by atoms with Crippen LogP contribution in [0.1, 0.15) is 30.9 Å². The van der Waals surface area contributed by atoms with E-state index in [9.17, 15) is 10.4 Å². The quantitative estimate of drug-likeness (QED) is 0.601. The van der Waals surface area contributed by atoms with Crippen molar-refractivity contribution in [1.82, 2.24) is 19.7 Å². The number of piperazine rings is 1. The van der Waals surface area contributed by atoms with Crippen LogP contribution < -0.4 is 9.64 Å². The third-order valence-electron chi connectivity index (χ3n) is 5.92. The van der Waals surface area contributed by atoms with E-state index in [1.165, 1.54) is 5.69 Å². The molecule has 1 aromatic carbocycles. The first kappa shape index (κ1) is 20.2. The van der Waals surface area contributed by atoms with Gasteiger partial charge in [-0.3, -0.25) is 4.90 Å². The molecule has 1 fully saturated rings. The fraction of sp³-hybridized carbons (Fsp3) is 0.500. The molecule has 8 heteroatoms. The number of fused-ring (bicyclic) bond motifs is 1. The van der Waals surface area contributed by atoms with Crippen LogP contribution in [-0.2, 0) is 13.0 Å². The summed E-state index contributed by atoms with van der Waals surface area (Å²) in [6.07, 6.45) is 4.16. The van der Waals surface area contributed by atoms with Gasteiger partial charge in [0.2, 0.25) is 0 Å². The van der Waals surface area contributed by atoms with Crippen LogP contribution in [0.2, 0.25) is 0 Å². The van der Waals surface area contributed by atoms with Crippen LogP contribution in [0.4, 0.5) is 5.69 Å². The second kappa shape index (κ2) is 9.18. The van der Waals surface area contributed by atoms with E-state index in [-0.39, 0.29) is 11.3 Å². The summed E-state index contributed by atoms with van der Waals surface area (Å²) in [5.74, 6) is 2.35. The van der Waals surface area contributed by atoms with Gasteiger partial charge in [-0.2, -0.15) is 5.26 Å². The van der Waals surface area contributed by atoms with Crippen LogP contribution in [0.25, 0.3) is 5.57 Å². The fourth-order valence-corrected chi connectivity index (χ4v) is 4.16. The Kier molecular flexibility index (Phi) is 6.19. The number of anilines is 1. The molecule has 30 heavy (non-hydrogen) atoms. The fourth-order valence-electron chi connectivity index (χ4n) is 4.16. The number of benzene rings is 1. The van der Waals surface area contributed by atoms with Crippen molar-refractivity contribution >= 4 is 11.3 Å². The van der Waals surface area contributed by atoms with Crippen molar-refractivity contribution < 1.29 is 9.84 Å². The molecule has 1 N–H and O–H groups in total. The summed E-state index contributed by atoms with van der Waals surface area (Å²) in [7, 11) is 1.67. The first-order valence-electron chi connectivity index (χ1n) is 10.6. The molecule has 0 unspecified atom stereocenters. The van der Waals surface area contributed by atoms with E-state index in [2.05, 4.69) is 38.2 Å². The zero-order valence-electron chi connectivity index (χ0n) is 17.4. The van der Waals surface area contributed by atoms with E-state index >= 15 is 0 Å². The van der Waals surface area contributed by atoms with Crippen molar-refractivity contribution in [3.05, 3.63) is 41.7 Å². The number of aryl methyl sites for hydroxylation is 1. The van der Waals surface area contributed by atoms with Gasteiger partial charge in [0.1, 0.15) is 29.0 Å². The van der Waals surface area contributed by atoms with Gasteiger partial charge in [0, 0.05) is 44.8 Å². The van der Waals surface area contributed by atoms with Gasteiger partial charge in [-0.05, 0) is 37.1 Å². The molecule has 0 atom stereocenters. The number of nitriles is 1. The van der Waals surface area contributed by atoms with Gasteiger partial charge in [0.05, 0.1) is 13.7 Å². The van der Waals surface area contributed by atoms with Gasteiger partial charge >= 0.3 is 0 Å². The molecule has 0 spiro atoms. The Hall–Kier alpha value is -3.05. The number of hydrogen-bond donors (Lipinski definition) is 1. The van der Waals surface area contributed by atoms with Crippen molar-refractivity contribution in [2.45, 2.75) is 32.2 Å². The highest BCUT2D eigenvalue weighted by Gasteiger charge is 2.23. The molecule has 8 nitrogen and oxygen atoms in total. The van der Waals surface area contributed by atoms with Gasteiger partial charge in [0.15, 0.2) is 5.82 Å². The van der Waals surface area contributed by atoms with E-state index in [4.69, 9.17) is 4.74 Å². The number of rotatable bonds is 5. The van der Waals surface area contributed by atoms with Crippen LogP contribution >= 0.6 is 0 Å². The zero-order chi connectivity index (χ0) is 20.9. The lowest BCUT2D eigenvalue weighted by molar-refractivity contribution is 0.239. The number of aliphatic hydroxyl groups is 1. The van der Waals surface area contributed by atoms with Crippen molar-refractivity contribution in [1.29, 1.82) is 5.26 Å². The van der Waals surface area contributed by atoms with E-state index in [1.54, 1.807) is 7.11 Å².